The lowest BCUT2D eigenvalue weighted by Gasteiger charge is -2.42. The van der Waals surface area contributed by atoms with Gasteiger partial charge < -0.3 is 13.8 Å². The van der Waals surface area contributed by atoms with Crippen LogP contribution in [0.15, 0.2) is 162 Å². The Hall–Kier alpha value is -6.56. The van der Waals surface area contributed by atoms with Crippen molar-refractivity contribution in [2.75, 3.05) is 4.90 Å². The number of anilines is 3. The van der Waals surface area contributed by atoms with Gasteiger partial charge in [-0.1, -0.05) is 142 Å². The average Bonchev–Trinajstić information content (AvgIpc) is 3.91. The molecular formula is C52H35BN2OS. The van der Waals surface area contributed by atoms with Gasteiger partial charge in [-0.05, 0) is 80.2 Å². The van der Waals surface area contributed by atoms with Crippen molar-refractivity contribution in [1.29, 1.82) is 0 Å². The normalized spacial score (nSPS) is 13.5. The van der Waals surface area contributed by atoms with E-state index in [-0.39, 0.29) is 12.3 Å². The third-order valence-corrected chi connectivity index (χ3v) is 13.8. The number of thiophene rings is 1. The van der Waals surface area contributed by atoms with Crippen LogP contribution in [0.3, 0.4) is 0 Å². The maximum Gasteiger partial charge on any atom is 0.336 e. The molecule has 2 aliphatic heterocycles. The molecule has 0 saturated carbocycles. The first-order chi connectivity index (χ1) is 27.9. The molecule has 2 aliphatic rings. The van der Waals surface area contributed by atoms with Crippen LogP contribution in [-0.4, -0.2) is 11.3 Å². The summed E-state index contributed by atoms with van der Waals surface area (Å²) in [5.74, 6) is 0. The topological polar surface area (TPSA) is 21.3 Å². The van der Waals surface area contributed by atoms with E-state index >= 15 is 0 Å². The van der Waals surface area contributed by atoms with Gasteiger partial charge in [-0.25, -0.2) is 0 Å². The summed E-state index contributed by atoms with van der Waals surface area (Å²) in [6, 6.07) is 58.8. The fraction of sp³-hybridized carbons (Fsp3) is 0.0769. The van der Waals surface area contributed by atoms with E-state index in [0.29, 0.717) is 0 Å². The lowest BCUT2D eigenvalue weighted by molar-refractivity contribution is 0.590. The van der Waals surface area contributed by atoms with Crippen LogP contribution in [0.4, 0.5) is 17.1 Å². The molecule has 5 heteroatoms. The first-order valence-corrected chi connectivity index (χ1v) is 20.7. The predicted octanol–water partition coefficient (Wildman–Crippen LogP) is 13.4. The number of para-hydroxylation sites is 2. The van der Waals surface area contributed by atoms with E-state index in [2.05, 4.69) is 188 Å². The number of hydrogen-bond donors (Lipinski definition) is 0. The molecule has 3 nitrogen and oxygen atoms in total. The van der Waals surface area contributed by atoms with Crippen molar-refractivity contribution < 1.29 is 4.42 Å². The first-order valence-electron chi connectivity index (χ1n) is 19.9. The molecule has 0 amide bonds. The Kier molecular flexibility index (Phi) is 6.14. The Bertz CT molecular complexity index is 3530. The van der Waals surface area contributed by atoms with Gasteiger partial charge in [0.05, 0.1) is 16.8 Å². The number of nitrogens with zero attached hydrogens (tertiary/aromatic N) is 2. The maximum absolute atomic E-state index is 6.99. The molecule has 11 aromatic rings. The van der Waals surface area contributed by atoms with Crippen molar-refractivity contribution in [3.05, 3.63) is 163 Å². The van der Waals surface area contributed by atoms with Gasteiger partial charge in [0.1, 0.15) is 5.58 Å². The number of hydrogen-bond acceptors (Lipinski definition) is 3. The van der Waals surface area contributed by atoms with E-state index in [4.69, 9.17) is 4.42 Å². The van der Waals surface area contributed by atoms with E-state index in [1.54, 1.807) is 0 Å². The summed E-state index contributed by atoms with van der Waals surface area (Å²) in [4.78, 5) is 2.64. The summed E-state index contributed by atoms with van der Waals surface area (Å²) in [6.07, 6.45) is 0. The molecule has 0 unspecified atom stereocenters. The summed E-state index contributed by atoms with van der Waals surface area (Å²) in [5.41, 5.74) is 15.6. The summed E-state index contributed by atoms with van der Waals surface area (Å²) in [5, 5.41) is 8.69. The second kappa shape index (κ2) is 11.1. The number of fused-ring (bicyclic) bond motifs is 15. The number of furan rings is 1. The molecule has 13 rings (SSSR count). The molecule has 0 N–H and O–H groups in total. The largest absolute Gasteiger partial charge is 0.441 e. The maximum atomic E-state index is 6.99. The zero-order valence-electron chi connectivity index (χ0n) is 31.8. The Morgan fingerprint density at radius 2 is 1.33 bits per heavy atom. The van der Waals surface area contributed by atoms with Crippen molar-refractivity contribution in [2.24, 2.45) is 0 Å². The molecule has 0 spiro atoms. The molecular weight excluding hydrogens is 711 g/mol. The van der Waals surface area contributed by atoms with Crippen LogP contribution in [-0.2, 0) is 5.41 Å². The van der Waals surface area contributed by atoms with Crippen LogP contribution in [0.25, 0.3) is 86.2 Å². The Morgan fingerprint density at radius 1 is 0.579 bits per heavy atom. The minimum Gasteiger partial charge on any atom is -0.441 e. The number of aromatic nitrogens is 1. The molecule has 268 valence electrons. The quantitative estimate of drug-likeness (QED) is 0.164. The van der Waals surface area contributed by atoms with Crippen LogP contribution in [0.2, 0.25) is 0 Å². The van der Waals surface area contributed by atoms with E-state index < -0.39 is 0 Å². The van der Waals surface area contributed by atoms with Gasteiger partial charge >= 0.3 is 6.85 Å². The third-order valence-electron chi connectivity index (χ3n) is 12.7. The monoisotopic (exact) mass is 746 g/mol. The second-order valence-electron chi connectivity index (χ2n) is 16.8. The third kappa shape index (κ3) is 4.12. The molecule has 3 aromatic heterocycles. The molecule has 0 radical (unpaired) electrons. The van der Waals surface area contributed by atoms with Crippen LogP contribution in [0.1, 0.15) is 26.3 Å². The Balaban J connectivity index is 1.26. The highest BCUT2D eigenvalue weighted by Gasteiger charge is 2.45. The average molecular weight is 747 g/mol. The van der Waals surface area contributed by atoms with E-state index in [1.165, 1.54) is 103 Å². The number of rotatable bonds is 2. The molecule has 0 fully saturated rings. The fourth-order valence-electron chi connectivity index (χ4n) is 10.2. The van der Waals surface area contributed by atoms with Crippen molar-refractivity contribution >= 4 is 110 Å². The van der Waals surface area contributed by atoms with Gasteiger partial charge in [-0.3, -0.25) is 0 Å². The zero-order chi connectivity index (χ0) is 37.7. The van der Waals surface area contributed by atoms with Crippen molar-refractivity contribution in [1.82, 2.24) is 4.48 Å². The van der Waals surface area contributed by atoms with E-state index in [0.717, 1.165) is 16.7 Å². The van der Waals surface area contributed by atoms with Gasteiger partial charge in [0.15, 0.2) is 5.71 Å². The highest BCUT2D eigenvalue weighted by Crippen LogP contribution is 2.53. The van der Waals surface area contributed by atoms with Crippen LogP contribution in [0.5, 0.6) is 0 Å². The van der Waals surface area contributed by atoms with Crippen molar-refractivity contribution in [3.8, 4) is 22.3 Å². The molecule has 57 heavy (non-hydrogen) atoms. The summed E-state index contributed by atoms with van der Waals surface area (Å²) < 4.78 is 12.1. The van der Waals surface area contributed by atoms with Gasteiger partial charge in [0.25, 0.3) is 0 Å². The Labute approximate surface area is 334 Å². The summed E-state index contributed by atoms with van der Waals surface area (Å²) in [6.45, 7) is 6.81. The van der Waals surface area contributed by atoms with E-state index in [9.17, 15) is 0 Å². The molecule has 8 aromatic carbocycles. The highest BCUT2D eigenvalue weighted by atomic mass is 32.1. The molecule has 0 atom stereocenters. The van der Waals surface area contributed by atoms with Crippen molar-refractivity contribution in [3.63, 3.8) is 0 Å². The zero-order valence-corrected chi connectivity index (χ0v) is 32.6. The van der Waals surface area contributed by atoms with Gasteiger partial charge in [-0.15, -0.1) is 11.3 Å². The van der Waals surface area contributed by atoms with Gasteiger partial charge in [0.2, 0.25) is 0 Å². The van der Waals surface area contributed by atoms with Crippen LogP contribution < -0.4 is 15.8 Å². The smallest absolute Gasteiger partial charge is 0.336 e. The molecule has 0 aliphatic carbocycles. The van der Waals surface area contributed by atoms with Gasteiger partial charge in [-0.2, -0.15) is 0 Å². The summed E-state index contributed by atoms with van der Waals surface area (Å²) >= 11 is 1.89. The fourth-order valence-corrected chi connectivity index (χ4v) is 11.3. The molecule has 0 saturated heterocycles. The minimum atomic E-state index is -0.126. The lowest BCUT2D eigenvalue weighted by atomic mass is 9.44. The van der Waals surface area contributed by atoms with E-state index in [1.807, 2.05) is 11.3 Å². The minimum absolute atomic E-state index is 0.0205. The Morgan fingerprint density at radius 3 is 2.19 bits per heavy atom. The second-order valence-corrected chi connectivity index (χ2v) is 17.9. The van der Waals surface area contributed by atoms with Crippen LogP contribution in [0, 0.1) is 0 Å². The van der Waals surface area contributed by atoms with Crippen LogP contribution >= 0.6 is 11.3 Å². The van der Waals surface area contributed by atoms with Gasteiger partial charge in [0, 0.05) is 53.3 Å². The highest BCUT2D eigenvalue weighted by molar-refractivity contribution is 7.26. The first kappa shape index (κ1) is 31.6. The van der Waals surface area contributed by atoms with Crippen molar-refractivity contribution in [2.45, 2.75) is 26.2 Å². The standard InChI is InChI=1S/C52H35BN2OS/c1-52(2,3)32-24-26-40(38(29-32)30-14-5-4-6-15-30)54-41-28-31-16-7-8-17-33(31)45-36-20-13-21-37-46-34-18-9-11-22-42(34)56-51(46)55(49(36)37)53(48(41)45)39-25-27-44-47(50(39)54)35-19-10-12-23-43(35)57-44/h4-29H,1-3H3. The lowest BCUT2D eigenvalue weighted by Crippen LogP contribution is -2.56. The molecule has 5 heterocycles. The summed E-state index contributed by atoms with van der Waals surface area (Å²) in [7, 11) is 0. The number of benzene rings is 8. The SMILES string of the molecule is CC(C)(C)c1ccc(N2c3cc4ccccc4c4c3B(c3ccc5sc6ccccc6c5c32)n2c3oc5ccccc5c3c3cccc-4c32)c(-c2ccccc2)c1. The molecule has 0 bridgehead atoms. The predicted molar refractivity (Wildman–Crippen MR) is 244 cm³/mol.